The van der Waals surface area contributed by atoms with E-state index in [1.807, 2.05) is 7.11 Å². The number of rotatable bonds is 3. The molecule has 1 heterocycles. The van der Waals surface area contributed by atoms with E-state index in [1.54, 1.807) is 0 Å². The van der Waals surface area contributed by atoms with Crippen LogP contribution in [0.5, 0.6) is 0 Å². The van der Waals surface area contributed by atoms with E-state index >= 15 is 0 Å². The molecule has 1 fully saturated rings. The zero-order chi connectivity index (χ0) is 13.1. The number of hydrogen-bond acceptors (Lipinski definition) is 2. The first-order chi connectivity index (χ1) is 9.40. The molecule has 0 amide bonds. The number of likely N-dealkylation sites (tertiary alicyclic amines) is 1. The lowest BCUT2D eigenvalue weighted by atomic mass is 9.92. The average Bonchev–Trinajstić information content (AvgIpc) is 2.49. The van der Waals surface area contributed by atoms with Crippen LogP contribution in [0.1, 0.15) is 48.6 Å². The number of ether oxygens (including phenoxy) is 1. The van der Waals surface area contributed by atoms with Crippen LogP contribution < -0.4 is 0 Å². The Morgan fingerprint density at radius 2 is 2.00 bits per heavy atom. The molecule has 1 aliphatic carbocycles. The van der Waals surface area contributed by atoms with Crippen LogP contribution in [0.4, 0.5) is 0 Å². The van der Waals surface area contributed by atoms with Gasteiger partial charge in [-0.15, -0.1) is 0 Å². The molecule has 1 aliphatic heterocycles. The van der Waals surface area contributed by atoms with E-state index in [1.165, 1.54) is 36.0 Å². The molecule has 1 aromatic carbocycles. The van der Waals surface area contributed by atoms with Gasteiger partial charge in [0, 0.05) is 25.8 Å². The Balaban J connectivity index is 1.93. The number of nitrogens with zero attached hydrogens (tertiary/aromatic N) is 1. The molecule has 0 N–H and O–H groups in total. The molecule has 1 saturated heterocycles. The fourth-order valence-corrected chi connectivity index (χ4v) is 3.34. The van der Waals surface area contributed by atoms with Gasteiger partial charge >= 0.3 is 0 Å². The van der Waals surface area contributed by atoms with Crippen molar-refractivity contribution in [2.75, 3.05) is 20.2 Å². The molecule has 1 aromatic rings. The van der Waals surface area contributed by atoms with Gasteiger partial charge in [-0.05, 0) is 36.8 Å². The molecule has 2 aliphatic rings. The zero-order valence-electron chi connectivity index (χ0n) is 11.8. The molecule has 1 unspecified atom stereocenters. The predicted octanol–water partition coefficient (Wildman–Crippen LogP) is 3.78. The van der Waals surface area contributed by atoms with E-state index in [2.05, 4.69) is 35.3 Å². The molecule has 3 rings (SSSR count). The molecule has 19 heavy (non-hydrogen) atoms. The molecule has 2 heteroatoms. The Morgan fingerprint density at radius 3 is 2.79 bits per heavy atom. The number of aryl methyl sites for hydroxylation is 1. The summed E-state index contributed by atoms with van der Waals surface area (Å²) in [5.74, 6) is 0. The van der Waals surface area contributed by atoms with Gasteiger partial charge in [-0.1, -0.05) is 36.8 Å². The highest BCUT2D eigenvalue weighted by Crippen LogP contribution is 2.32. The van der Waals surface area contributed by atoms with Gasteiger partial charge in [0.15, 0.2) is 0 Å². The van der Waals surface area contributed by atoms with Crippen molar-refractivity contribution in [2.24, 2.45) is 0 Å². The number of allylic oxidation sites excluding steroid dienone is 1. The Bertz CT molecular complexity index is 460. The first kappa shape index (κ1) is 12.9. The van der Waals surface area contributed by atoms with E-state index in [9.17, 15) is 0 Å². The maximum atomic E-state index is 5.83. The minimum absolute atomic E-state index is 0.123. The molecule has 2 nitrogen and oxygen atoms in total. The van der Waals surface area contributed by atoms with Crippen LogP contribution in [0.2, 0.25) is 0 Å². The molecule has 1 atom stereocenters. The monoisotopic (exact) mass is 257 g/mol. The van der Waals surface area contributed by atoms with E-state index in [0.717, 1.165) is 25.9 Å². The molecule has 102 valence electrons. The Morgan fingerprint density at radius 1 is 1.16 bits per heavy atom. The SMILES string of the molecule is COC(c1cccc2c1C=CCC2)N1CCCCC1. The smallest absolute Gasteiger partial charge is 0.136 e. The summed E-state index contributed by atoms with van der Waals surface area (Å²) in [5, 5.41) is 0. The van der Waals surface area contributed by atoms with Crippen molar-refractivity contribution in [3.63, 3.8) is 0 Å². The van der Waals surface area contributed by atoms with Gasteiger partial charge in [0.25, 0.3) is 0 Å². The highest BCUT2D eigenvalue weighted by molar-refractivity contribution is 5.60. The Kier molecular flexibility index (Phi) is 4.00. The zero-order valence-corrected chi connectivity index (χ0v) is 11.8. The second kappa shape index (κ2) is 5.89. The molecule has 0 radical (unpaired) electrons. The van der Waals surface area contributed by atoms with Crippen molar-refractivity contribution in [2.45, 2.75) is 38.3 Å². The highest BCUT2D eigenvalue weighted by atomic mass is 16.5. The summed E-state index contributed by atoms with van der Waals surface area (Å²) in [4.78, 5) is 2.49. The molecule has 0 saturated carbocycles. The number of fused-ring (bicyclic) bond motifs is 1. The van der Waals surface area contributed by atoms with Crippen molar-refractivity contribution >= 4 is 6.08 Å². The molecular weight excluding hydrogens is 234 g/mol. The minimum Gasteiger partial charge on any atom is -0.362 e. The first-order valence-electron chi connectivity index (χ1n) is 7.45. The van der Waals surface area contributed by atoms with Crippen molar-refractivity contribution in [3.8, 4) is 0 Å². The van der Waals surface area contributed by atoms with Crippen molar-refractivity contribution in [3.05, 3.63) is 41.0 Å². The lowest BCUT2D eigenvalue weighted by Gasteiger charge is -2.35. The minimum atomic E-state index is 0.123. The topological polar surface area (TPSA) is 12.5 Å². The molecule has 0 spiro atoms. The fourth-order valence-electron chi connectivity index (χ4n) is 3.34. The second-order valence-electron chi connectivity index (χ2n) is 5.55. The van der Waals surface area contributed by atoms with Crippen LogP contribution in [0.25, 0.3) is 6.08 Å². The molecular formula is C17H23NO. The summed E-state index contributed by atoms with van der Waals surface area (Å²) in [7, 11) is 1.84. The standard InChI is InChI=1S/C17H23NO/c1-19-17(18-12-5-2-6-13-18)16-11-7-9-14-8-3-4-10-15(14)16/h4,7,9-11,17H,2-3,5-6,8,12-13H2,1H3. The van der Waals surface area contributed by atoms with E-state index in [4.69, 9.17) is 4.74 Å². The van der Waals surface area contributed by atoms with Crippen molar-refractivity contribution in [1.29, 1.82) is 0 Å². The fraction of sp³-hybridized carbons (Fsp3) is 0.529. The van der Waals surface area contributed by atoms with Gasteiger partial charge in [-0.3, -0.25) is 4.90 Å². The molecule has 0 bridgehead atoms. The van der Waals surface area contributed by atoms with Crippen LogP contribution in [0, 0.1) is 0 Å². The van der Waals surface area contributed by atoms with Gasteiger partial charge in [0.2, 0.25) is 0 Å². The van der Waals surface area contributed by atoms with Gasteiger partial charge in [0.1, 0.15) is 6.23 Å². The summed E-state index contributed by atoms with van der Waals surface area (Å²) in [5.41, 5.74) is 4.21. The van der Waals surface area contributed by atoms with Gasteiger partial charge in [0.05, 0.1) is 0 Å². The molecule has 0 aromatic heterocycles. The Labute approximate surface area is 116 Å². The lowest BCUT2D eigenvalue weighted by Crippen LogP contribution is -2.35. The average molecular weight is 257 g/mol. The third kappa shape index (κ3) is 2.60. The summed E-state index contributed by atoms with van der Waals surface area (Å²) < 4.78 is 5.83. The summed E-state index contributed by atoms with van der Waals surface area (Å²) in [6, 6.07) is 6.67. The van der Waals surface area contributed by atoms with Gasteiger partial charge < -0.3 is 4.74 Å². The van der Waals surface area contributed by atoms with E-state index in [0.29, 0.717) is 0 Å². The van der Waals surface area contributed by atoms with Crippen LogP contribution in [0.15, 0.2) is 24.3 Å². The van der Waals surface area contributed by atoms with Crippen molar-refractivity contribution < 1.29 is 4.74 Å². The van der Waals surface area contributed by atoms with E-state index in [-0.39, 0.29) is 6.23 Å². The first-order valence-corrected chi connectivity index (χ1v) is 7.45. The summed E-state index contributed by atoms with van der Waals surface area (Å²) in [6.45, 7) is 2.32. The quantitative estimate of drug-likeness (QED) is 0.817. The number of methoxy groups -OCH3 is 1. The van der Waals surface area contributed by atoms with Crippen LogP contribution in [-0.4, -0.2) is 25.1 Å². The number of hydrogen-bond donors (Lipinski definition) is 0. The third-order valence-corrected chi connectivity index (χ3v) is 4.31. The summed E-state index contributed by atoms with van der Waals surface area (Å²) >= 11 is 0. The van der Waals surface area contributed by atoms with Crippen LogP contribution in [-0.2, 0) is 11.2 Å². The maximum absolute atomic E-state index is 5.83. The summed E-state index contributed by atoms with van der Waals surface area (Å²) in [6.07, 6.45) is 11.0. The maximum Gasteiger partial charge on any atom is 0.136 e. The van der Waals surface area contributed by atoms with Crippen molar-refractivity contribution in [1.82, 2.24) is 4.90 Å². The van der Waals surface area contributed by atoms with Crippen LogP contribution >= 0.6 is 0 Å². The third-order valence-electron chi connectivity index (χ3n) is 4.31. The number of benzene rings is 1. The number of piperidine rings is 1. The lowest BCUT2D eigenvalue weighted by molar-refractivity contribution is -0.0440. The van der Waals surface area contributed by atoms with Gasteiger partial charge in [-0.25, -0.2) is 0 Å². The van der Waals surface area contributed by atoms with E-state index < -0.39 is 0 Å². The van der Waals surface area contributed by atoms with Crippen LogP contribution in [0.3, 0.4) is 0 Å². The largest absolute Gasteiger partial charge is 0.362 e. The Hall–Kier alpha value is -1.12. The van der Waals surface area contributed by atoms with Gasteiger partial charge in [-0.2, -0.15) is 0 Å². The highest BCUT2D eigenvalue weighted by Gasteiger charge is 2.24. The second-order valence-corrected chi connectivity index (χ2v) is 5.55. The normalized spacial score (nSPS) is 21.1. The predicted molar refractivity (Wildman–Crippen MR) is 79.0 cm³/mol.